The molecule has 122 valence electrons. The molecule has 0 saturated carbocycles. The smallest absolute Gasteiger partial charge is 0.270 e. The first-order valence-electron chi connectivity index (χ1n) is 7.52. The minimum atomic E-state index is -0.0556. The van der Waals surface area contributed by atoms with E-state index < -0.39 is 0 Å². The maximum absolute atomic E-state index is 12.7. The van der Waals surface area contributed by atoms with Crippen LogP contribution in [0.1, 0.15) is 16.1 Å². The van der Waals surface area contributed by atoms with Crippen LogP contribution < -0.4 is 9.47 Å². The second-order valence-electron chi connectivity index (χ2n) is 5.76. The van der Waals surface area contributed by atoms with Crippen molar-refractivity contribution in [1.82, 2.24) is 9.88 Å². The van der Waals surface area contributed by atoms with Crippen molar-refractivity contribution < 1.29 is 14.3 Å². The van der Waals surface area contributed by atoms with E-state index in [4.69, 9.17) is 9.47 Å². The summed E-state index contributed by atoms with van der Waals surface area (Å²) in [4.78, 5) is 17.5. The summed E-state index contributed by atoms with van der Waals surface area (Å²) in [5, 5.41) is 1.00. The molecular formula is C18H15BrN2O3. The molecule has 0 spiro atoms. The Labute approximate surface area is 147 Å². The highest BCUT2D eigenvalue weighted by molar-refractivity contribution is 9.10. The van der Waals surface area contributed by atoms with Gasteiger partial charge in [-0.15, -0.1) is 0 Å². The van der Waals surface area contributed by atoms with Crippen molar-refractivity contribution in [2.24, 2.45) is 0 Å². The molecule has 3 aromatic rings. The largest absolute Gasteiger partial charge is 0.454 e. The summed E-state index contributed by atoms with van der Waals surface area (Å²) < 4.78 is 11.7. The van der Waals surface area contributed by atoms with Crippen LogP contribution in [0.4, 0.5) is 0 Å². The van der Waals surface area contributed by atoms with Gasteiger partial charge in [-0.3, -0.25) is 4.79 Å². The molecule has 0 radical (unpaired) electrons. The van der Waals surface area contributed by atoms with Gasteiger partial charge in [-0.25, -0.2) is 0 Å². The summed E-state index contributed by atoms with van der Waals surface area (Å²) in [5.41, 5.74) is 2.51. The molecule has 0 fully saturated rings. The first-order valence-corrected chi connectivity index (χ1v) is 8.32. The second kappa shape index (κ2) is 5.87. The molecule has 1 amide bonds. The van der Waals surface area contributed by atoms with E-state index in [1.54, 1.807) is 11.9 Å². The van der Waals surface area contributed by atoms with Gasteiger partial charge in [-0.05, 0) is 42.0 Å². The number of H-pyrrole nitrogens is 1. The lowest BCUT2D eigenvalue weighted by Crippen LogP contribution is -2.26. The number of aromatic nitrogens is 1. The number of rotatable bonds is 3. The van der Waals surface area contributed by atoms with Crippen molar-refractivity contribution in [3.8, 4) is 11.5 Å². The number of fused-ring (bicyclic) bond motifs is 2. The fourth-order valence-corrected chi connectivity index (χ4v) is 3.19. The van der Waals surface area contributed by atoms with Crippen molar-refractivity contribution in [2.45, 2.75) is 6.54 Å². The van der Waals surface area contributed by atoms with Gasteiger partial charge in [0, 0.05) is 29.0 Å². The summed E-state index contributed by atoms with van der Waals surface area (Å²) in [7, 11) is 1.79. The molecule has 1 aliphatic heterocycles. The van der Waals surface area contributed by atoms with Gasteiger partial charge >= 0.3 is 0 Å². The van der Waals surface area contributed by atoms with E-state index >= 15 is 0 Å². The van der Waals surface area contributed by atoms with E-state index in [1.807, 2.05) is 42.5 Å². The number of carbonyl (C=O) groups excluding carboxylic acids is 1. The summed E-state index contributed by atoms with van der Waals surface area (Å²) in [6, 6.07) is 13.5. The predicted octanol–water partition coefficient (Wildman–Crippen LogP) is 3.93. The monoisotopic (exact) mass is 386 g/mol. The number of halogens is 1. The predicted molar refractivity (Wildman–Crippen MR) is 94.4 cm³/mol. The summed E-state index contributed by atoms with van der Waals surface area (Å²) in [6.45, 7) is 0.743. The fourth-order valence-electron chi connectivity index (χ4n) is 2.81. The number of benzene rings is 2. The Kier molecular flexibility index (Phi) is 3.69. The van der Waals surface area contributed by atoms with Crippen LogP contribution in [-0.4, -0.2) is 29.6 Å². The zero-order valence-electron chi connectivity index (χ0n) is 13.0. The van der Waals surface area contributed by atoms with Crippen LogP contribution in [0.15, 0.2) is 46.9 Å². The lowest BCUT2D eigenvalue weighted by atomic mass is 10.2. The van der Waals surface area contributed by atoms with Crippen molar-refractivity contribution >= 4 is 32.7 Å². The Balaban J connectivity index is 1.54. The minimum absolute atomic E-state index is 0.0556. The SMILES string of the molecule is CN(Cc1ccc2c(c1)OCO2)C(=O)c1cc2cc(Br)ccc2[nH]1. The van der Waals surface area contributed by atoms with Crippen LogP contribution in [0.5, 0.6) is 11.5 Å². The number of hydrogen-bond donors (Lipinski definition) is 1. The average Bonchev–Trinajstić information content (AvgIpc) is 3.19. The third kappa shape index (κ3) is 2.73. The average molecular weight is 387 g/mol. The molecule has 1 aliphatic rings. The van der Waals surface area contributed by atoms with Crippen molar-refractivity contribution in [3.05, 3.63) is 58.2 Å². The normalized spacial score (nSPS) is 12.6. The van der Waals surface area contributed by atoms with E-state index in [0.717, 1.165) is 32.4 Å². The Hall–Kier alpha value is -2.47. The van der Waals surface area contributed by atoms with Crippen LogP contribution in [-0.2, 0) is 6.54 Å². The van der Waals surface area contributed by atoms with Gasteiger partial charge in [0.15, 0.2) is 11.5 Å². The zero-order valence-corrected chi connectivity index (χ0v) is 14.6. The minimum Gasteiger partial charge on any atom is -0.454 e. The molecule has 2 heterocycles. The third-order valence-corrected chi connectivity index (χ3v) is 4.51. The zero-order chi connectivity index (χ0) is 16.7. The van der Waals surface area contributed by atoms with Gasteiger partial charge in [0.2, 0.25) is 6.79 Å². The first kappa shape index (κ1) is 15.1. The highest BCUT2D eigenvalue weighted by Gasteiger charge is 2.17. The molecule has 4 rings (SSSR count). The topological polar surface area (TPSA) is 54.6 Å². The quantitative estimate of drug-likeness (QED) is 0.741. The molecule has 2 aromatic carbocycles. The number of hydrogen-bond acceptors (Lipinski definition) is 3. The van der Waals surface area contributed by atoms with E-state index in [2.05, 4.69) is 20.9 Å². The Morgan fingerprint density at radius 1 is 1.17 bits per heavy atom. The number of amides is 1. The van der Waals surface area contributed by atoms with Gasteiger partial charge < -0.3 is 19.4 Å². The van der Waals surface area contributed by atoms with Gasteiger partial charge in [-0.1, -0.05) is 22.0 Å². The summed E-state index contributed by atoms with van der Waals surface area (Å²) >= 11 is 3.45. The Bertz CT molecular complexity index is 935. The van der Waals surface area contributed by atoms with E-state index in [-0.39, 0.29) is 12.7 Å². The molecule has 1 N–H and O–H groups in total. The maximum atomic E-state index is 12.7. The van der Waals surface area contributed by atoms with Crippen molar-refractivity contribution in [1.29, 1.82) is 0 Å². The molecule has 0 bridgehead atoms. The van der Waals surface area contributed by atoms with Crippen molar-refractivity contribution in [2.75, 3.05) is 13.8 Å². The molecule has 6 heteroatoms. The molecule has 0 atom stereocenters. The van der Waals surface area contributed by atoms with Gasteiger partial charge in [0.05, 0.1) is 0 Å². The molecular weight excluding hydrogens is 372 g/mol. The highest BCUT2D eigenvalue weighted by Crippen LogP contribution is 2.32. The van der Waals surface area contributed by atoms with Crippen molar-refractivity contribution in [3.63, 3.8) is 0 Å². The molecule has 0 aliphatic carbocycles. The van der Waals surface area contributed by atoms with Crippen LogP contribution in [0.2, 0.25) is 0 Å². The number of carbonyl (C=O) groups is 1. The van der Waals surface area contributed by atoms with E-state index in [1.165, 1.54) is 0 Å². The lowest BCUT2D eigenvalue weighted by Gasteiger charge is -2.16. The third-order valence-electron chi connectivity index (χ3n) is 4.02. The Morgan fingerprint density at radius 3 is 2.88 bits per heavy atom. The Morgan fingerprint density at radius 2 is 2.00 bits per heavy atom. The molecule has 5 nitrogen and oxygen atoms in total. The van der Waals surface area contributed by atoms with Gasteiger partial charge in [0.1, 0.15) is 5.69 Å². The van der Waals surface area contributed by atoms with E-state index in [9.17, 15) is 4.79 Å². The number of ether oxygens (including phenoxy) is 2. The second-order valence-corrected chi connectivity index (χ2v) is 6.68. The van der Waals surface area contributed by atoms with Gasteiger partial charge in [-0.2, -0.15) is 0 Å². The van der Waals surface area contributed by atoms with Crippen LogP contribution in [0, 0.1) is 0 Å². The lowest BCUT2D eigenvalue weighted by molar-refractivity contribution is 0.0780. The highest BCUT2D eigenvalue weighted by atomic mass is 79.9. The fraction of sp³-hybridized carbons (Fsp3) is 0.167. The van der Waals surface area contributed by atoms with E-state index in [0.29, 0.717) is 12.2 Å². The number of nitrogens with one attached hydrogen (secondary N) is 1. The first-order chi connectivity index (χ1) is 11.6. The molecule has 1 aromatic heterocycles. The summed E-state index contributed by atoms with van der Waals surface area (Å²) in [6.07, 6.45) is 0. The maximum Gasteiger partial charge on any atom is 0.270 e. The molecule has 24 heavy (non-hydrogen) atoms. The van der Waals surface area contributed by atoms with Crippen LogP contribution >= 0.6 is 15.9 Å². The standard InChI is InChI=1S/C18H15BrN2O3/c1-21(9-11-2-5-16-17(6-11)24-10-23-16)18(22)15-8-12-7-13(19)3-4-14(12)20-15/h2-8,20H,9-10H2,1H3. The number of aromatic amines is 1. The molecule has 0 unspecified atom stereocenters. The van der Waals surface area contributed by atoms with Gasteiger partial charge in [0.25, 0.3) is 5.91 Å². The van der Waals surface area contributed by atoms with Crippen LogP contribution in [0.25, 0.3) is 10.9 Å². The molecule has 0 saturated heterocycles. The van der Waals surface area contributed by atoms with Crippen LogP contribution in [0.3, 0.4) is 0 Å². The number of nitrogens with zero attached hydrogens (tertiary/aromatic N) is 1. The summed E-state index contributed by atoms with van der Waals surface area (Å²) in [5.74, 6) is 1.41.